The maximum atomic E-state index is 5.90. The molecule has 0 aromatic heterocycles. The molecule has 0 saturated heterocycles. The lowest BCUT2D eigenvalue weighted by molar-refractivity contribution is 0.302. The predicted molar refractivity (Wildman–Crippen MR) is 127 cm³/mol. The van der Waals surface area contributed by atoms with E-state index in [1.807, 2.05) is 36.4 Å². The van der Waals surface area contributed by atoms with Gasteiger partial charge in [-0.15, -0.1) is 0 Å². The molecule has 1 N–H and O–H groups in total. The van der Waals surface area contributed by atoms with E-state index in [0.717, 1.165) is 44.5 Å². The Balaban J connectivity index is 1.49. The maximum absolute atomic E-state index is 5.90. The van der Waals surface area contributed by atoms with Gasteiger partial charge in [0.05, 0.1) is 22.7 Å². The van der Waals surface area contributed by atoms with E-state index in [9.17, 15) is 0 Å². The van der Waals surface area contributed by atoms with Crippen molar-refractivity contribution in [1.29, 1.82) is 0 Å². The minimum Gasteiger partial charge on any atom is -0.496 e. The van der Waals surface area contributed by atoms with Crippen molar-refractivity contribution < 1.29 is 9.47 Å². The molecule has 0 aliphatic rings. The molecule has 0 bridgehead atoms. The molecule has 29 heavy (non-hydrogen) atoms. The van der Waals surface area contributed by atoms with Crippen molar-refractivity contribution in [3.05, 3.63) is 81.2 Å². The van der Waals surface area contributed by atoms with E-state index in [0.29, 0.717) is 6.61 Å². The zero-order valence-corrected chi connectivity index (χ0v) is 19.8. The largest absolute Gasteiger partial charge is 0.496 e. The molecule has 0 aliphatic carbocycles. The van der Waals surface area contributed by atoms with Crippen LogP contribution in [0.2, 0.25) is 0 Å². The Bertz CT molecular complexity index is 908. The topological polar surface area (TPSA) is 30.5 Å². The van der Waals surface area contributed by atoms with Crippen LogP contribution in [0.1, 0.15) is 24.9 Å². The molecule has 0 amide bonds. The first-order valence-electron chi connectivity index (χ1n) is 9.63. The van der Waals surface area contributed by atoms with Crippen LogP contribution in [0, 0.1) is 0 Å². The Morgan fingerprint density at radius 2 is 1.59 bits per heavy atom. The summed E-state index contributed by atoms with van der Waals surface area (Å²) in [5.74, 6) is 1.75. The van der Waals surface area contributed by atoms with E-state index in [4.69, 9.17) is 9.47 Å². The van der Waals surface area contributed by atoms with Crippen molar-refractivity contribution in [2.24, 2.45) is 0 Å². The highest BCUT2D eigenvalue weighted by Gasteiger charge is 2.09. The first kappa shape index (κ1) is 21.9. The minimum absolute atomic E-state index is 0.275. The van der Waals surface area contributed by atoms with Crippen LogP contribution in [-0.4, -0.2) is 20.3 Å². The number of para-hydroxylation sites is 2. The SMILES string of the molecule is COc1ccccc1-c1ccc(C(C)NCCCOc2c(Br)cccc2Br)cc1. The van der Waals surface area contributed by atoms with Crippen molar-refractivity contribution in [3.8, 4) is 22.6 Å². The summed E-state index contributed by atoms with van der Waals surface area (Å²) < 4.78 is 13.3. The Hall–Kier alpha value is -1.82. The van der Waals surface area contributed by atoms with Crippen LogP contribution in [0.5, 0.6) is 11.5 Å². The van der Waals surface area contributed by atoms with E-state index in [-0.39, 0.29) is 6.04 Å². The molecule has 0 aliphatic heterocycles. The molecule has 0 radical (unpaired) electrons. The molecule has 3 aromatic carbocycles. The molecular formula is C24H25Br2NO2. The van der Waals surface area contributed by atoms with Gasteiger partial charge >= 0.3 is 0 Å². The molecule has 0 saturated carbocycles. The first-order valence-corrected chi connectivity index (χ1v) is 11.2. The summed E-state index contributed by atoms with van der Waals surface area (Å²) in [4.78, 5) is 0. The maximum Gasteiger partial charge on any atom is 0.147 e. The second-order valence-corrected chi connectivity index (χ2v) is 8.46. The number of benzene rings is 3. The van der Waals surface area contributed by atoms with Gasteiger partial charge < -0.3 is 14.8 Å². The fraction of sp³-hybridized carbons (Fsp3) is 0.250. The lowest BCUT2D eigenvalue weighted by atomic mass is 10.0. The first-order chi connectivity index (χ1) is 14.1. The van der Waals surface area contributed by atoms with E-state index in [1.165, 1.54) is 5.56 Å². The van der Waals surface area contributed by atoms with Gasteiger partial charge in [0.25, 0.3) is 0 Å². The lowest BCUT2D eigenvalue weighted by Gasteiger charge is -2.16. The second-order valence-electron chi connectivity index (χ2n) is 6.75. The number of hydrogen-bond donors (Lipinski definition) is 1. The van der Waals surface area contributed by atoms with Gasteiger partial charge in [0.15, 0.2) is 0 Å². The van der Waals surface area contributed by atoms with Gasteiger partial charge in [-0.3, -0.25) is 0 Å². The summed E-state index contributed by atoms with van der Waals surface area (Å²) in [7, 11) is 1.71. The smallest absolute Gasteiger partial charge is 0.147 e. The van der Waals surface area contributed by atoms with Crippen LogP contribution >= 0.6 is 31.9 Å². The average molecular weight is 519 g/mol. The number of halogens is 2. The van der Waals surface area contributed by atoms with Gasteiger partial charge in [-0.05, 0) is 81.1 Å². The average Bonchev–Trinajstić information content (AvgIpc) is 2.75. The Morgan fingerprint density at radius 3 is 2.28 bits per heavy atom. The Labute approximate surface area is 189 Å². The van der Waals surface area contributed by atoms with E-state index < -0.39 is 0 Å². The van der Waals surface area contributed by atoms with Gasteiger partial charge in [-0.1, -0.05) is 48.5 Å². The number of ether oxygens (including phenoxy) is 2. The predicted octanol–water partition coefficient (Wildman–Crippen LogP) is 7.01. The highest BCUT2D eigenvalue weighted by atomic mass is 79.9. The summed E-state index contributed by atoms with van der Waals surface area (Å²) in [6.45, 7) is 3.73. The van der Waals surface area contributed by atoms with Crippen LogP contribution in [0.25, 0.3) is 11.1 Å². The molecular weight excluding hydrogens is 494 g/mol. The van der Waals surface area contributed by atoms with Gasteiger partial charge in [0.1, 0.15) is 11.5 Å². The van der Waals surface area contributed by atoms with Gasteiger partial charge in [-0.25, -0.2) is 0 Å². The molecule has 3 rings (SSSR count). The third kappa shape index (κ3) is 5.84. The molecule has 3 nitrogen and oxygen atoms in total. The lowest BCUT2D eigenvalue weighted by Crippen LogP contribution is -2.21. The fourth-order valence-electron chi connectivity index (χ4n) is 3.14. The third-order valence-electron chi connectivity index (χ3n) is 4.77. The quantitative estimate of drug-likeness (QED) is 0.309. The highest BCUT2D eigenvalue weighted by Crippen LogP contribution is 2.33. The number of rotatable bonds is 9. The Kier molecular flexibility index (Phi) is 8.16. The second kappa shape index (κ2) is 10.8. The van der Waals surface area contributed by atoms with Gasteiger partial charge in [0.2, 0.25) is 0 Å². The number of methoxy groups -OCH3 is 1. The monoisotopic (exact) mass is 517 g/mol. The molecule has 5 heteroatoms. The molecule has 3 aromatic rings. The van der Waals surface area contributed by atoms with Crippen molar-refractivity contribution >= 4 is 31.9 Å². The highest BCUT2D eigenvalue weighted by molar-refractivity contribution is 9.11. The van der Waals surface area contributed by atoms with Crippen molar-refractivity contribution in [2.75, 3.05) is 20.3 Å². The van der Waals surface area contributed by atoms with Crippen LogP contribution in [-0.2, 0) is 0 Å². The summed E-state index contributed by atoms with van der Waals surface area (Å²) in [5, 5.41) is 3.57. The summed E-state index contributed by atoms with van der Waals surface area (Å²) in [6, 6.07) is 23.0. The summed E-state index contributed by atoms with van der Waals surface area (Å²) in [5.41, 5.74) is 3.53. The molecule has 0 spiro atoms. The summed E-state index contributed by atoms with van der Waals surface area (Å²) >= 11 is 7.05. The molecule has 0 heterocycles. The molecule has 152 valence electrons. The normalized spacial score (nSPS) is 11.9. The zero-order chi connectivity index (χ0) is 20.6. The van der Waals surface area contributed by atoms with Crippen LogP contribution in [0.4, 0.5) is 0 Å². The minimum atomic E-state index is 0.275. The van der Waals surface area contributed by atoms with Crippen LogP contribution in [0.3, 0.4) is 0 Å². The molecule has 1 atom stereocenters. The summed E-state index contributed by atoms with van der Waals surface area (Å²) in [6.07, 6.45) is 0.928. The van der Waals surface area contributed by atoms with E-state index >= 15 is 0 Å². The van der Waals surface area contributed by atoms with Crippen LogP contribution < -0.4 is 14.8 Å². The van der Waals surface area contributed by atoms with Crippen molar-refractivity contribution in [2.45, 2.75) is 19.4 Å². The Morgan fingerprint density at radius 1 is 0.897 bits per heavy atom. The number of hydrogen-bond acceptors (Lipinski definition) is 3. The van der Waals surface area contributed by atoms with Crippen LogP contribution in [0.15, 0.2) is 75.7 Å². The number of nitrogens with one attached hydrogen (secondary N) is 1. The standard InChI is InChI=1S/C24H25Br2NO2/c1-17(27-15-6-16-29-24-21(25)8-5-9-22(24)26)18-11-13-19(14-12-18)20-7-3-4-10-23(20)28-2/h3-5,7-14,17,27H,6,15-16H2,1-2H3. The van der Waals surface area contributed by atoms with E-state index in [2.05, 4.69) is 74.4 Å². The third-order valence-corrected chi connectivity index (χ3v) is 6.01. The fourth-order valence-corrected chi connectivity index (χ4v) is 4.37. The van der Waals surface area contributed by atoms with Gasteiger partial charge in [-0.2, -0.15) is 0 Å². The molecule has 0 fully saturated rings. The van der Waals surface area contributed by atoms with E-state index in [1.54, 1.807) is 7.11 Å². The van der Waals surface area contributed by atoms with Crippen molar-refractivity contribution in [1.82, 2.24) is 5.32 Å². The van der Waals surface area contributed by atoms with Gasteiger partial charge in [0, 0.05) is 11.6 Å². The zero-order valence-electron chi connectivity index (χ0n) is 16.6. The molecule has 1 unspecified atom stereocenters. The van der Waals surface area contributed by atoms with Crippen molar-refractivity contribution in [3.63, 3.8) is 0 Å².